The van der Waals surface area contributed by atoms with E-state index in [4.69, 9.17) is 0 Å². The van der Waals surface area contributed by atoms with Crippen LogP contribution in [0.25, 0.3) is 11.3 Å². The van der Waals surface area contributed by atoms with Gasteiger partial charge < -0.3 is 4.57 Å². The van der Waals surface area contributed by atoms with Gasteiger partial charge in [-0.3, -0.25) is 4.40 Å². The van der Waals surface area contributed by atoms with Crippen LogP contribution >= 0.6 is 22.6 Å². The minimum absolute atomic E-state index is 0.952. The number of rotatable bonds is 1. The molecule has 16 heavy (non-hydrogen) atoms. The van der Waals surface area contributed by atoms with E-state index in [1.807, 2.05) is 46.9 Å². The largest absolute Gasteiger partial charge is 0.306 e. The van der Waals surface area contributed by atoms with E-state index in [9.17, 15) is 0 Å². The van der Waals surface area contributed by atoms with Gasteiger partial charge in [0.25, 0.3) is 0 Å². The van der Waals surface area contributed by atoms with Gasteiger partial charge in [-0.2, -0.15) is 0 Å². The Hall–Kier alpha value is -1.37. The first-order valence-electron chi connectivity index (χ1n) is 4.87. The predicted molar refractivity (Wildman–Crippen MR) is 69.8 cm³/mol. The van der Waals surface area contributed by atoms with Crippen LogP contribution in [0.15, 0.2) is 37.1 Å². The van der Waals surface area contributed by atoms with Gasteiger partial charge in [0.2, 0.25) is 0 Å². The molecule has 0 bridgehead atoms. The summed E-state index contributed by atoms with van der Waals surface area (Å²) in [6.07, 6.45) is 7.70. The fourth-order valence-electron chi connectivity index (χ4n) is 1.66. The van der Waals surface area contributed by atoms with Crippen molar-refractivity contribution in [1.82, 2.24) is 18.9 Å². The van der Waals surface area contributed by atoms with Crippen LogP contribution in [-0.4, -0.2) is 18.9 Å². The van der Waals surface area contributed by atoms with E-state index in [2.05, 4.69) is 38.6 Å². The highest BCUT2D eigenvalue weighted by Crippen LogP contribution is 2.14. The second-order valence-corrected chi connectivity index (χ2v) is 4.72. The number of aromatic nitrogens is 4. The number of imidazole rings is 2. The Morgan fingerprint density at radius 3 is 2.94 bits per heavy atom. The van der Waals surface area contributed by atoms with Crippen LogP contribution < -0.4 is 0 Å². The van der Waals surface area contributed by atoms with Crippen molar-refractivity contribution in [2.24, 2.45) is 0 Å². The molecule has 0 fully saturated rings. The van der Waals surface area contributed by atoms with E-state index in [1.165, 1.54) is 0 Å². The van der Waals surface area contributed by atoms with Gasteiger partial charge in [-0.15, -0.1) is 0 Å². The van der Waals surface area contributed by atoms with E-state index in [-0.39, 0.29) is 0 Å². The molecule has 0 aromatic carbocycles. The Bertz CT molecular complexity index is 653. The Kier molecular flexibility index (Phi) is 2.20. The molecule has 0 radical (unpaired) electrons. The van der Waals surface area contributed by atoms with E-state index in [1.54, 1.807) is 0 Å². The summed E-state index contributed by atoms with van der Waals surface area (Å²) in [6, 6.07) is 4.10. The quantitative estimate of drug-likeness (QED) is 0.645. The van der Waals surface area contributed by atoms with Gasteiger partial charge >= 0.3 is 0 Å². The molecule has 0 N–H and O–H groups in total. The van der Waals surface area contributed by atoms with Gasteiger partial charge in [0, 0.05) is 18.5 Å². The summed E-state index contributed by atoms with van der Waals surface area (Å²) in [6.45, 7) is 1.98. The molecule has 0 unspecified atom stereocenters. The van der Waals surface area contributed by atoms with E-state index < -0.39 is 0 Å². The third-order valence-corrected chi connectivity index (χ3v) is 3.26. The standard InChI is InChI=1S/C11H9IN4/c1-8-6-15(7-14-8)9-2-3-16-10(12)5-13-11(16)4-9/h2-7H,1H3. The Morgan fingerprint density at radius 1 is 1.31 bits per heavy atom. The summed E-state index contributed by atoms with van der Waals surface area (Å²) in [4.78, 5) is 8.55. The third-order valence-electron chi connectivity index (χ3n) is 2.46. The second kappa shape index (κ2) is 3.58. The van der Waals surface area contributed by atoms with E-state index >= 15 is 0 Å². The summed E-state index contributed by atoms with van der Waals surface area (Å²) < 4.78 is 5.16. The lowest BCUT2D eigenvalue weighted by Crippen LogP contribution is -1.93. The molecule has 80 valence electrons. The topological polar surface area (TPSA) is 35.1 Å². The molecule has 5 heteroatoms. The van der Waals surface area contributed by atoms with Crippen molar-refractivity contribution in [3.63, 3.8) is 0 Å². The zero-order valence-corrected chi connectivity index (χ0v) is 10.8. The zero-order valence-electron chi connectivity index (χ0n) is 8.63. The van der Waals surface area contributed by atoms with Crippen LogP contribution in [0.2, 0.25) is 0 Å². The smallest absolute Gasteiger partial charge is 0.139 e. The Labute approximate surface area is 106 Å². The SMILES string of the molecule is Cc1cn(-c2ccn3c(I)cnc3c2)cn1. The molecule has 0 aliphatic rings. The van der Waals surface area contributed by atoms with Gasteiger partial charge in [-0.05, 0) is 35.6 Å². The lowest BCUT2D eigenvalue weighted by Gasteiger charge is -2.02. The fraction of sp³-hybridized carbons (Fsp3) is 0.0909. The van der Waals surface area contributed by atoms with Crippen molar-refractivity contribution >= 4 is 28.2 Å². The summed E-state index contributed by atoms with van der Waals surface area (Å²) in [7, 11) is 0. The van der Waals surface area contributed by atoms with Gasteiger partial charge in [0.1, 0.15) is 9.35 Å². The normalized spacial score (nSPS) is 11.1. The van der Waals surface area contributed by atoms with Crippen LogP contribution in [0.5, 0.6) is 0 Å². The number of nitrogens with zero attached hydrogens (tertiary/aromatic N) is 4. The highest BCUT2D eigenvalue weighted by Gasteiger charge is 2.02. The number of halogens is 1. The van der Waals surface area contributed by atoms with Crippen molar-refractivity contribution in [3.05, 3.63) is 46.4 Å². The number of pyridine rings is 1. The summed E-state index contributed by atoms with van der Waals surface area (Å²) in [5.74, 6) is 0. The third kappa shape index (κ3) is 1.51. The fourth-order valence-corrected chi connectivity index (χ4v) is 2.21. The number of aryl methyl sites for hydroxylation is 1. The molecule has 0 saturated heterocycles. The maximum Gasteiger partial charge on any atom is 0.139 e. The second-order valence-electron chi connectivity index (χ2n) is 3.62. The first-order chi connectivity index (χ1) is 7.74. The molecule has 3 aromatic rings. The van der Waals surface area contributed by atoms with Crippen LogP contribution in [0, 0.1) is 10.6 Å². The lowest BCUT2D eigenvalue weighted by atomic mass is 10.4. The van der Waals surface area contributed by atoms with Crippen molar-refractivity contribution in [2.75, 3.05) is 0 Å². The van der Waals surface area contributed by atoms with Crippen LogP contribution in [0.4, 0.5) is 0 Å². The average Bonchev–Trinajstić information content (AvgIpc) is 2.86. The van der Waals surface area contributed by atoms with Crippen LogP contribution in [0.1, 0.15) is 5.69 Å². The molecule has 4 nitrogen and oxygen atoms in total. The van der Waals surface area contributed by atoms with Crippen molar-refractivity contribution in [3.8, 4) is 5.69 Å². The zero-order chi connectivity index (χ0) is 11.1. The summed E-state index contributed by atoms with van der Waals surface area (Å²) in [5, 5.41) is 0. The predicted octanol–water partition coefficient (Wildman–Crippen LogP) is 2.43. The lowest BCUT2D eigenvalue weighted by molar-refractivity contribution is 1.04. The highest BCUT2D eigenvalue weighted by molar-refractivity contribution is 14.1. The molecular formula is C11H9IN4. The van der Waals surface area contributed by atoms with E-state index in [0.717, 1.165) is 20.7 Å². The monoisotopic (exact) mass is 324 g/mol. The first-order valence-corrected chi connectivity index (χ1v) is 5.95. The molecule has 3 rings (SSSR count). The number of hydrogen-bond donors (Lipinski definition) is 0. The number of fused-ring (bicyclic) bond motifs is 1. The molecule has 0 atom stereocenters. The maximum atomic E-state index is 4.33. The molecule has 0 saturated carbocycles. The summed E-state index contributed by atoms with van der Waals surface area (Å²) >= 11 is 2.27. The van der Waals surface area contributed by atoms with Gasteiger partial charge in [0.15, 0.2) is 0 Å². The molecule has 0 aliphatic heterocycles. The molecule has 0 aliphatic carbocycles. The average molecular weight is 324 g/mol. The number of hydrogen-bond acceptors (Lipinski definition) is 2. The van der Waals surface area contributed by atoms with Gasteiger partial charge in [0.05, 0.1) is 23.9 Å². The van der Waals surface area contributed by atoms with Crippen molar-refractivity contribution < 1.29 is 0 Å². The van der Waals surface area contributed by atoms with Crippen molar-refractivity contribution in [1.29, 1.82) is 0 Å². The molecular weight excluding hydrogens is 315 g/mol. The maximum absolute atomic E-state index is 4.33. The minimum atomic E-state index is 0.952. The highest BCUT2D eigenvalue weighted by atomic mass is 127. The van der Waals surface area contributed by atoms with Crippen molar-refractivity contribution in [2.45, 2.75) is 6.92 Å². The molecule has 0 amide bonds. The minimum Gasteiger partial charge on any atom is -0.306 e. The van der Waals surface area contributed by atoms with Crippen LogP contribution in [0.3, 0.4) is 0 Å². The first kappa shape index (κ1) is 9.83. The Morgan fingerprint density at radius 2 is 2.19 bits per heavy atom. The molecule has 3 aromatic heterocycles. The molecule has 0 spiro atoms. The van der Waals surface area contributed by atoms with Gasteiger partial charge in [-0.25, -0.2) is 9.97 Å². The Balaban J connectivity index is 2.18. The van der Waals surface area contributed by atoms with Gasteiger partial charge in [-0.1, -0.05) is 0 Å². The van der Waals surface area contributed by atoms with E-state index in [0.29, 0.717) is 0 Å². The molecule has 3 heterocycles. The summed E-state index contributed by atoms with van der Waals surface area (Å²) in [5.41, 5.74) is 3.04. The van der Waals surface area contributed by atoms with Crippen LogP contribution in [-0.2, 0) is 0 Å².